The number of halogens is 1. The van der Waals surface area contributed by atoms with Gasteiger partial charge in [-0.05, 0) is 58.0 Å². The minimum absolute atomic E-state index is 0.168. The fourth-order valence-electron chi connectivity index (χ4n) is 2.08. The third-order valence-electron chi connectivity index (χ3n) is 3.22. The van der Waals surface area contributed by atoms with Crippen LogP contribution in [0.1, 0.15) is 45.8 Å². The summed E-state index contributed by atoms with van der Waals surface area (Å²) in [6.07, 6.45) is 1.06. The van der Waals surface area contributed by atoms with Crippen LogP contribution in [0.2, 0.25) is 5.02 Å². The molecule has 19 heavy (non-hydrogen) atoms. The molecule has 0 radical (unpaired) electrons. The van der Waals surface area contributed by atoms with Gasteiger partial charge in [0.25, 0.3) is 0 Å². The van der Waals surface area contributed by atoms with Crippen molar-refractivity contribution in [3.05, 3.63) is 35.0 Å². The van der Waals surface area contributed by atoms with Crippen LogP contribution in [0.15, 0.2) is 28.7 Å². The van der Waals surface area contributed by atoms with Crippen molar-refractivity contribution in [3.63, 3.8) is 0 Å². The van der Waals surface area contributed by atoms with Crippen LogP contribution in [0, 0.1) is 0 Å². The van der Waals surface area contributed by atoms with E-state index < -0.39 is 0 Å². The summed E-state index contributed by atoms with van der Waals surface area (Å²) in [5.74, 6) is 1.44. The molecule has 0 amide bonds. The minimum Gasteiger partial charge on any atom is -0.461 e. The van der Waals surface area contributed by atoms with Crippen molar-refractivity contribution < 1.29 is 4.42 Å². The van der Waals surface area contributed by atoms with Crippen molar-refractivity contribution in [2.75, 3.05) is 6.54 Å². The van der Waals surface area contributed by atoms with E-state index in [1.165, 1.54) is 0 Å². The average molecular weight is 280 g/mol. The lowest BCUT2D eigenvalue weighted by atomic mass is 10.0. The Morgan fingerprint density at radius 2 is 2.00 bits per heavy atom. The van der Waals surface area contributed by atoms with Gasteiger partial charge in [0.05, 0.1) is 0 Å². The third-order valence-corrected chi connectivity index (χ3v) is 3.45. The number of hydrogen-bond acceptors (Lipinski definition) is 2. The van der Waals surface area contributed by atoms with Gasteiger partial charge >= 0.3 is 0 Å². The standard InChI is InChI=1S/C16H22ClNO/c1-11(7-8-18-16(2,3)4)15-10-12-9-13(17)5-6-14(12)19-15/h5-6,9-11,18H,7-8H2,1-4H3. The van der Waals surface area contributed by atoms with E-state index in [-0.39, 0.29) is 5.54 Å². The van der Waals surface area contributed by atoms with Gasteiger partial charge in [0, 0.05) is 21.9 Å². The lowest BCUT2D eigenvalue weighted by molar-refractivity contribution is 0.401. The molecule has 0 spiro atoms. The molecule has 2 nitrogen and oxygen atoms in total. The highest BCUT2D eigenvalue weighted by Gasteiger charge is 2.14. The Morgan fingerprint density at radius 1 is 1.26 bits per heavy atom. The summed E-state index contributed by atoms with van der Waals surface area (Å²) in [7, 11) is 0. The van der Waals surface area contributed by atoms with Gasteiger partial charge in [0.2, 0.25) is 0 Å². The Balaban J connectivity index is 2.03. The van der Waals surface area contributed by atoms with Crippen molar-refractivity contribution in [1.82, 2.24) is 5.32 Å². The lowest BCUT2D eigenvalue weighted by Crippen LogP contribution is -2.36. The highest BCUT2D eigenvalue weighted by molar-refractivity contribution is 6.31. The van der Waals surface area contributed by atoms with E-state index in [4.69, 9.17) is 16.0 Å². The first-order chi connectivity index (χ1) is 8.85. The molecule has 0 bridgehead atoms. The molecule has 1 heterocycles. The fourth-order valence-corrected chi connectivity index (χ4v) is 2.26. The Hall–Kier alpha value is -0.990. The zero-order chi connectivity index (χ0) is 14.0. The van der Waals surface area contributed by atoms with Crippen LogP contribution in [0.4, 0.5) is 0 Å². The number of rotatable bonds is 4. The van der Waals surface area contributed by atoms with E-state index in [0.29, 0.717) is 5.92 Å². The number of furan rings is 1. The number of hydrogen-bond donors (Lipinski definition) is 1. The summed E-state index contributed by atoms with van der Waals surface area (Å²) in [6, 6.07) is 7.84. The van der Waals surface area contributed by atoms with Crippen molar-refractivity contribution in [3.8, 4) is 0 Å². The van der Waals surface area contributed by atoms with Crippen LogP contribution in [-0.2, 0) is 0 Å². The Labute approximate surface area is 120 Å². The van der Waals surface area contributed by atoms with Crippen molar-refractivity contribution in [2.45, 2.75) is 45.6 Å². The van der Waals surface area contributed by atoms with Gasteiger partial charge in [-0.25, -0.2) is 0 Å². The molecular formula is C16H22ClNO. The molecule has 1 aromatic carbocycles. The summed E-state index contributed by atoms with van der Waals surface area (Å²) in [6.45, 7) is 9.73. The maximum Gasteiger partial charge on any atom is 0.134 e. The number of fused-ring (bicyclic) bond motifs is 1. The van der Waals surface area contributed by atoms with Gasteiger partial charge in [-0.2, -0.15) is 0 Å². The molecule has 0 saturated heterocycles. The molecule has 1 N–H and O–H groups in total. The maximum atomic E-state index is 5.99. The van der Waals surface area contributed by atoms with Gasteiger partial charge in [-0.15, -0.1) is 0 Å². The first-order valence-corrected chi connectivity index (χ1v) is 7.17. The molecule has 1 aromatic heterocycles. The second-order valence-electron chi connectivity index (χ2n) is 6.20. The quantitative estimate of drug-likeness (QED) is 0.855. The van der Waals surface area contributed by atoms with Crippen LogP contribution in [0.25, 0.3) is 11.0 Å². The molecule has 0 aliphatic heterocycles. The molecule has 0 aliphatic rings. The van der Waals surface area contributed by atoms with Crippen LogP contribution < -0.4 is 5.32 Å². The molecule has 0 saturated carbocycles. The summed E-state index contributed by atoms with van der Waals surface area (Å²) in [5.41, 5.74) is 1.08. The van der Waals surface area contributed by atoms with Crippen molar-refractivity contribution >= 4 is 22.6 Å². The lowest BCUT2D eigenvalue weighted by Gasteiger charge is -2.21. The van der Waals surface area contributed by atoms with Crippen LogP contribution in [-0.4, -0.2) is 12.1 Å². The Bertz CT molecular complexity index is 553. The minimum atomic E-state index is 0.168. The number of benzene rings is 1. The van der Waals surface area contributed by atoms with Crippen molar-refractivity contribution in [2.24, 2.45) is 0 Å². The summed E-state index contributed by atoms with van der Waals surface area (Å²) in [5, 5.41) is 5.34. The number of nitrogens with one attached hydrogen (secondary N) is 1. The normalized spacial score (nSPS) is 13.9. The summed E-state index contributed by atoms with van der Waals surface area (Å²) in [4.78, 5) is 0. The summed E-state index contributed by atoms with van der Waals surface area (Å²) >= 11 is 5.99. The highest BCUT2D eigenvalue weighted by atomic mass is 35.5. The van der Waals surface area contributed by atoms with Gasteiger partial charge in [-0.1, -0.05) is 18.5 Å². The molecule has 0 fully saturated rings. The van der Waals surface area contributed by atoms with E-state index in [0.717, 1.165) is 34.7 Å². The van der Waals surface area contributed by atoms with Gasteiger partial charge in [0.1, 0.15) is 11.3 Å². The monoisotopic (exact) mass is 279 g/mol. The van der Waals surface area contributed by atoms with E-state index in [2.05, 4.69) is 39.1 Å². The zero-order valence-electron chi connectivity index (χ0n) is 12.1. The smallest absolute Gasteiger partial charge is 0.134 e. The van der Waals surface area contributed by atoms with Gasteiger partial charge < -0.3 is 9.73 Å². The first-order valence-electron chi connectivity index (χ1n) is 6.79. The molecular weight excluding hydrogens is 258 g/mol. The van der Waals surface area contributed by atoms with E-state index >= 15 is 0 Å². The highest BCUT2D eigenvalue weighted by Crippen LogP contribution is 2.28. The molecule has 1 atom stereocenters. The third kappa shape index (κ3) is 3.99. The topological polar surface area (TPSA) is 25.2 Å². The van der Waals surface area contributed by atoms with Crippen LogP contribution in [0.3, 0.4) is 0 Å². The largest absolute Gasteiger partial charge is 0.461 e. The predicted octanol–water partition coefficient (Wildman–Crippen LogP) is 4.97. The van der Waals surface area contributed by atoms with Gasteiger partial charge in [-0.3, -0.25) is 0 Å². The second kappa shape index (κ2) is 5.56. The fraction of sp³-hybridized carbons (Fsp3) is 0.500. The Kier molecular flexibility index (Phi) is 4.22. The maximum absolute atomic E-state index is 5.99. The second-order valence-corrected chi connectivity index (χ2v) is 6.63. The van der Waals surface area contributed by atoms with E-state index in [1.54, 1.807) is 0 Å². The van der Waals surface area contributed by atoms with Crippen molar-refractivity contribution in [1.29, 1.82) is 0 Å². The first kappa shape index (κ1) is 14.4. The summed E-state index contributed by atoms with van der Waals surface area (Å²) < 4.78 is 5.88. The molecule has 0 aliphatic carbocycles. The molecule has 1 unspecified atom stereocenters. The molecule has 2 rings (SSSR count). The van der Waals surface area contributed by atoms with E-state index in [9.17, 15) is 0 Å². The predicted molar refractivity (Wildman–Crippen MR) is 82.0 cm³/mol. The van der Waals surface area contributed by atoms with E-state index in [1.807, 2.05) is 18.2 Å². The van der Waals surface area contributed by atoms with Gasteiger partial charge in [0.15, 0.2) is 0 Å². The van der Waals surface area contributed by atoms with Crippen LogP contribution >= 0.6 is 11.6 Å². The average Bonchev–Trinajstić information content (AvgIpc) is 2.70. The van der Waals surface area contributed by atoms with Crippen LogP contribution in [0.5, 0.6) is 0 Å². The molecule has 3 heteroatoms. The SMILES string of the molecule is CC(CCNC(C)(C)C)c1cc2cc(Cl)ccc2o1. The molecule has 2 aromatic rings. The molecule has 104 valence electrons. The zero-order valence-corrected chi connectivity index (χ0v) is 12.8. The Morgan fingerprint density at radius 3 is 2.68 bits per heavy atom.